The van der Waals surface area contributed by atoms with Crippen molar-refractivity contribution in [2.45, 2.75) is 19.4 Å². The number of benzene rings is 1. The molecule has 0 saturated heterocycles. The van der Waals surface area contributed by atoms with Crippen LogP contribution < -0.4 is 0 Å². The number of aryl methyl sites for hydroxylation is 2. The van der Waals surface area contributed by atoms with E-state index in [1.807, 2.05) is 12.4 Å². The molecule has 0 fully saturated rings. The van der Waals surface area contributed by atoms with Crippen LogP contribution in [0.15, 0.2) is 61.2 Å². The molecule has 90 valence electrons. The second kappa shape index (κ2) is 5.05. The Labute approximate surface area is 107 Å². The Bertz CT molecular complexity index is 593. The summed E-state index contributed by atoms with van der Waals surface area (Å²) in [5, 5.41) is 2.64. The molecule has 3 aromatic rings. The van der Waals surface area contributed by atoms with Crippen LogP contribution in [0.4, 0.5) is 0 Å². The van der Waals surface area contributed by atoms with Gasteiger partial charge < -0.3 is 4.57 Å². The standard InChI is InChI=1S/C16H16N2/c1-2-6-16-13-18(12-15(16)5-1)11-3-4-14-7-9-17-10-8-14/h1-2,5-10,12-13H,3-4,11H2. The number of hydrogen-bond donors (Lipinski definition) is 0. The molecule has 2 aromatic heterocycles. The normalized spacial score (nSPS) is 10.9. The first-order chi connectivity index (χ1) is 8.92. The van der Waals surface area contributed by atoms with Gasteiger partial charge >= 0.3 is 0 Å². The van der Waals surface area contributed by atoms with E-state index < -0.39 is 0 Å². The highest BCUT2D eigenvalue weighted by Crippen LogP contribution is 2.15. The lowest BCUT2D eigenvalue weighted by atomic mass is 10.1. The molecule has 2 nitrogen and oxygen atoms in total. The van der Waals surface area contributed by atoms with Crippen molar-refractivity contribution in [3.05, 3.63) is 66.7 Å². The molecule has 0 saturated carbocycles. The fourth-order valence-corrected chi connectivity index (χ4v) is 2.28. The number of nitrogens with zero attached hydrogens (tertiary/aromatic N) is 2. The number of fused-ring (bicyclic) bond motifs is 1. The summed E-state index contributed by atoms with van der Waals surface area (Å²) in [6.07, 6.45) is 10.4. The molecule has 0 aliphatic rings. The van der Waals surface area contributed by atoms with Gasteiger partial charge in [-0.25, -0.2) is 0 Å². The fraction of sp³-hybridized carbons (Fsp3) is 0.188. The van der Waals surface area contributed by atoms with E-state index in [9.17, 15) is 0 Å². The van der Waals surface area contributed by atoms with Gasteiger partial charge in [0.25, 0.3) is 0 Å². The van der Waals surface area contributed by atoms with E-state index in [1.54, 1.807) is 0 Å². The minimum Gasteiger partial charge on any atom is -0.353 e. The van der Waals surface area contributed by atoms with Gasteiger partial charge in [0.05, 0.1) is 0 Å². The van der Waals surface area contributed by atoms with E-state index in [2.05, 4.69) is 58.3 Å². The Morgan fingerprint density at radius 3 is 2.22 bits per heavy atom. The third kappa shape index (κ3) is 2.43. The molecular weight excluding hydrogens is 220 g/mol. The Morgan fingerprint density at radius 1 is 0.889 bits per heavy atom. The summed E-state index contributed by atoms with van der Waals surface area (Å²) in [5.41, 5.74) is 1.36. The van der Waals surface area contributed by atoms with Gasteiger partial charge in [-0.3, -0.25) is 4.98 Å². The second-order valence-corrected chi connectivity index (χ2v) is 4.58. The van der Waals surface area contributed by atoms with Crippen molar-refractivity contribution in [3.8, 4) is 0 Å². The third-order valence-electron chi connectivity index (χ3n) is 3.24. The summed E-state index contributed by atoms with van der Waals surface area (Å²) >= 11 is 0. The Hall–Kier alpha value is -2.09. The van der Waals surface area contributed by atoms with Gasteiger partial charge in [-0.1, -0.05) is 24.3 Å². The van der Waals surface area contributed by atoms with Gasteiger partial charge in [0.2, 0.25) is 0 Å². The largest absolute Gasteiger partial charge is 0.353 e. The monoisotopic (exact) mass is 236 g/mol. The summed E-state index contributed by atoms with van der Waals surface area (Å²) in [7, 11) is 0. The molecule has 2 heterocycles. The minimum atomic E-state index is 1.07. The van der Waals surface area contributed by atoms with Gasteiger partial charge in [-0.2, -0.15) is 0 Å². The first-order valence-corrected chi connectivity index (χ1v) is 6.35. The zero-order valence-electron chi connectivity index (χ0n) is 10.3. The van der Waals surface area contributed by atoms with Gasteiger partial charge in [0.1, 0.15) is 0 Å². The lowest BCUT2D eigenvalue weighted by Gasteiger charge is -2.02. The average Bonchev–Trinajstić information content (AvgIpc) is 2.82. The van der Waals surface area contributed by atoms with Crippen LogP contribution in [0.5, 0.6) is 0 Å². The highest BCUT2D eigenvalue weighted by atomic mass is 14.9. The molecule has 0 N–H and O–H groups in total. The molecule has 0 amide bonds. The van der Waals surface area contributed by atoms with Gasteiger partial charge in [-0.15, -0.1) is 0 Å². The van der Waals surface area contributed by atoms with Crippen molar-refractivity contribution in [1.82, 2.24) is 9.55 Å². The maximum atomic E-state index is 4.04. The molecule has 0 aliphatic carbocycles. The maximum Gasteiger partial charge on any atom is 0.0270 e. The van der Waals surface area contributed by atoms with Crippen molar-refractivity contribution in [3.63, 3.8) is 0 Å². The van der Waals surface area contributed by atoms with Crippen LogP contribution in [-0.4, -0.2) is 9.55 Å². The average molecular weight is 236 g/mol. The SMILES string of the molecule is c1ccc2cn(CCCc3ccncc3)cc2c1. The second-order valence-electron chi connectivity index (χ2n) is 4.58. The first kappa shape index (κ1) is 11.0. The van der Waals surface area contributed by atoms with Crippen LogP contribution in [0, 0.1) is 0 Å². The summed E-state index contributed by atoms with van der Waals surface area (Å²) in [5.74, 6) is 0. The van der Waals surface area contributed by atoms with Crippen molar-refractivity contribution in [2.75, 3.05) is 0 Å². The van der Waals surface area contributed by atoms with Crippen molar-refractivity contribution in [2.24, 2.45) is 0 Å². The number of pyridine rings is 1. The topological polar surface area (TPSA) is 17.8 Å². The predicted octanol–water partition coefficient (Wildman–Crippen LogP) is 3.67. The molecule has 0 bridgehead atoms. The number of aromatic nitrogens is 2. The Kier molecular flexibility index (Phi) is 3.09. The smallest absolute Gasteiger partial charge is 0.0270 e. The Morgan fingerprint density at radius 2 is 1.56 bits per heavy atom. The summed E-state index contributed by atoms with van der Waals surface area (Å²) in [6, 6.07) is 12.7. The number of rotatable bonds is 4. The highest BCUT2D eigenvalue weighted by Gasteiger charge is 1.98. The lowest BCUT2D eigenvalue weighted by molar-refractivity contribution is 0.647. The molecule has 0 unspecified atom stereocenters. The zero-order valence-corrected chi connectivity index (χ0v) is 10.3. The van der Waals surface area contributed by atoms with E-state index in [0.717, 1.165) is 19.4 Å². The van der Waals surface area contributed by atoms with E-state index in [0.29, 0.717) is 0 Å². The van der Waals surface area contributed by atoms with E-state index in [-0.39, 0.29) is 0 Å². The van der Waals surface area contributed by atoms with Gasteiger partial charge in [0, 0.05) is 31.3 Å². The van der Waals surface area contributed by atoms with Crippen LogP contribution in [0.25, 0.3) is 10.8 Å². The molecule has 3 rings (SSSR count). The minimum absolute atomic E-state index is 1.07. The predicted molar refractivity (Wildman–Crippen MR) is 74.5 cm³/mol. The van der Waals surface area contributed by atoms with E-state index in [1.165, 1.54) is 16.3 Å². The third-order valence-corrected chi connectivity index (χ3v) is 3.24. The lowest BCUT2D eigenvalue weighted by Crippen LogP contribution is -1.96. The van der Waals surface area contributed by atoms with Crippen LogP contribution in [0.2, 0.25) is 0 Å². The first-order valence-electron chi connectivity index (χ1n) is 6.35. The fourth-order valence-electron chi connectivity index (χ4n) is 2.28. The molecule has 0 atom stereocenters. The summed E-state index contributed by atoms with van der Waals surface area (Å²) in [6.45, 7) is 1.07. The summed E-state index contributed by atoms with van der Waals surface area (Å²) in [4.78, 5) is 4.04. The molecular formula is C16H16N2. The van der Waals surface area contributed by atoms with Gasteiger partial charge in [0.15, 0.2) is 0 Å². The quantitative estimate of drug-likeness (QED) is 0.676. The van der Waals surface area contributed by atoms with Crippen molar-refractivity contribution >= 4 is 10.8 Å². The van der Waals surface area contributed by atoms with E-state index in [4.69, 9.17) is 0 Å². The Balaban J connectivity index is 1.63. The highest BCUT2D eigenvalue weighted by molar-refractivity contribution is 5.81. The molecule has 0 spiro atoms. The zero-order chi connectivity index (χ0) is 12.2. The molecule has 0 aliphatic heterocycles. The maximum absolute atomic E-state index is 4.04. The number of hydrogen-bond acceptors (Lipinski definition) is 1. The van der Waals surface area contributed by atoms with Crippen molar-refractivity contribution < 1.29 is 0 Å². The molecule has 0 radical (unpaired) electrons. The van der Waals surface area contributed by atoms with Gasteiger partial charge in [-0.05, 0) is 41.3 Å². The summed E-state index contributed by atoms with van der Waals surface area (Å²) < 4.78 is 2.28. The molecule has 18 heavy (non-hydrogen) atoms. The van der Waals surface area contributed by atoms with Crippen LogP contribution in [0.1, 0.15) is 12.0 Å². The van der Waals surface area contributed by atoms with Crippen LogP contribution in [-0.2, 0) is 13.0 Å². The molecule has 2 heteroatoms. The van der Waals surface area contributed by atoms with E-state index >= 15 is 0 Å². The van der Waals surface area contributed by atoms with Crippen LogP contribution in [0.3, 0.4) is 0 Å². The molecule has 1 aromatic carbocycles. The van der Waals surface area contributed by atoms with Crippen molar-refractivity contribution in [1.29, 1.82) is 0 Å². The van der Waals surface area contributed by atoms with Crippen LogP contribution >= 0.6 is 0 Å².